The quantitative estimate of drug-likeness (QED) is 0.653. The molecule has 0 bridgehead atoms. The van der Waals surface area contributed by atoms with Crippen LogP contribution in [0.4, 0.5) is 11.4 Å². The molecular formula is C16H24N2O2. The molecule has 0 heterocycles. The van der Waals surface area contributed by atoms with E-state index in [0.29, 0.717) is 16.9 Å². The number of ether oxygens (including phenoxy) is 1. The highest BCUT2D eigenvalue weighted by Gasteiger charge is 2.24. The molecule has 4 N–H and O–H groups in total. The Morgan fingerprint density at radius 3 is 2.30 bits per heavy atom. The van der Waals surface area contributed by atoms with Crippen LogP contribution in [-0.4, -0.2) is 12.1 Å². The van der Waals surface area contributed by atoms with Crippen molar-refractivity contribution in [2.75, 3.05) is 11.5 Å². The molecule has 1 fully saturated rings. The molecule has 0 atom stereocenters. The van der Waals surface area contributed by atoms with Crippen molar-refractivity contribution >= 4 is 17.3 Å². The van der Waals surface area contributed by atoms with Crippen LogP contribution in [0.3, 0.4) is 0 Å². The van der Waals surface area contributed by atoms with Gasteiger partial charge < -0.3 is 16.2 Å². The smallest absolute Gasteiger partial charge is 0.338 e. The fraction of sp³-hybridized carbons (Fsp3) is 0.562. The Morgan fingerprint density at radius 1 is 1.15 bits per heavy atom. The van der Waals surface area contributed by atoms with Crippen LogP contribution >= 0.6 is 0 Å². The lowest BCUT2D eigenvalue weighted by molar-refractivity contribution is 0.0161. The molecule has 1 saturated carbocycles. The molecule has 1 aromatic carbocycles. The van der Waals surface area contributed by atoms with Crippen LogP contribution in [-0.2, 0) is 4.74 Å². The second-order valence-corrected chi connectivity index (χ2v) is 5.73. The van der Waals surface area contributed by atoms with Gasteiger partial charge in [-0.3, -0.25) is 0 Å². The standard InChI is InChI=1S/C16H24N2O2/c1-2-3-11-4-6-15(7-5-11)20-16(19)12-8-13(17)10-14(18)9-12/h8-11,15H,2-7,17-18H2,1H3. The van der Waals surface area contributed by atoms with E-state index in [-0.39, 0.29) is 12.1 Å². The normalized spacial score (nSPS) is 22.4. The Bertz CT molecular complexity index is 445. The van der Waals surface area contributed by atoms with E-state index in [1.54, 1.807) is 18.2 Å². The highest BCUT2D eigenvalue weighted by molar-refractivity contribution is 5.91. The fourth-order valence-corrected chi connectivity index (χ4v) is 2.96. The number of rotatable bonds is 4. The summed E-state index contributed by atoms with van der Waals surface area (Å²) in [6, 6.07) is 4.86. The maximum atomic E-state index is 12.1. The predicted octanol–water partition coefficient (Wildman–Crippen LogP) is 3.37. The van der Waals surface area contributed by atoms with Gasteiger partial charge >= 0.3 is 5.97 Å². The highest BCUT2D eigenvalue weighted by Crippen LogP contribution is 2.30. The molecule has 4 heteroatoms. The van der Waals surface area contributed by atoms with E-state index in [0.717, 1.165) is 31.6 Å². The van der Waals surface area contributed by atoms with Crippen LogP contribution < -0.4 is 11.5 Å². The van der Waals surface area contributed by atoms with Crippen molar-refractivity contribution in [1.29, 1.82) is 0 Å². The van der Waals surface area contributed by atoms with E-state index in [2.05, 4.69) is 6.92 Å². The van der Waals surface area contributed by atoms with Crippen molar-refractivity contribution < 1.29 is 9.53 Å². The largest absolute Gasteiger partial charge is 0.459 e. The van der Waals surface area contributed by atoms with Crippen LogP contribution in [0, 0.1) is 5.92 Å². The van der Waals surface area contributed by atoms with Gasteiger partial charge in [-0.1, -0.05) is 19.8 Å². The molecule has 2 rings (SSSR count). The molecule has 0 saturated heterocycles. The Labute approximate surface area is 120 Å². The fourth-order valence-electron chi connectivity index (χ4n) is 2.96. The number of anilines is 2. The van der Waals surface area contributed by atoms with E-state index < -0.39 is 0 Å². The lowest BCUT2D eigenvalue weighted by atomic mass is 9.85. The maximum absolute atomic E-state index is 12.1. The van der Waals surface area contributed by atoms with Gasteiger partial charge in [-0.2, -0.15) is 0 Å². The van der Waals surface area contributed by atoms with E-state index in [1.165, 1.54) is 12.8 Å². The maximum Gasteiger partial charge on any atom is 0.338 e. The average Bonchev–Trinajstić information content (AvgIpc) is 2.40. The van der Waals surface area contributed by atoms with E-state index in [1.807, 2.05) is 0 Å². The number of nitrogens with two attached hydrogens (primary N) is 2. The summed E-state index contributed by atoms with van der Waals surface area (Å²) >= 11 is 0. The first-order valence-electron chi connectivity index (χ1n) is 7.45. The molecule has 0 unspecified atom stereocenters. The monoisotopic (exact) mass is 276 g/mol. The molecular weight excluding hydrogens is 252 g/mol. The molecule has 1 aromatic rings. The molecule has 0 aliphatic heterocycles. The third-order valence-electron chi connectivity index (χ3n) is 3.98. The third-order valence-corrected chi connectivity index (χ3v) is 3.98. The summed E-state index contributed by atoms with van der Waals surface area (Å²) in [5.41, 5.74) is 12.8. The molecule has 0 spiro atoms. The van der Waals surface area contributed by atoms with Crippen molar-refractivity contribution in [3.8, 4) is 0 Å². The van der Waals surface area contributed by atoms with Crippen molar-refractivity contribution in [2.24, 2.45) is 5.92 Å². The minimum absolute atomic E-state index is 0.0401. The Kier molecular flexibility index (Phi) is 4.88. The lowest BCUT2D eigenvalue weighted by Crippen LogP contribution is -2.24. The number of esters is 1. The number of benzene rings is 1. The zero-order valence-electron chi connectivity index (χ0n) is 12.1. The molecule has 4 nitrogen and oxygen atoms in total. The van der Waals surface area contributed by atoms with Crippen LogP contribution in [0.2, 0.25) is 0 Å². The summed E-state index contributed by atoms with van der Waals surface area (Å²) in [5, 5.41) is 0. The van der Waals surface area contributed by atoms with Gasteiger partial charge in [-0.25, -0.2) is 4.79 Å². The first kappa shape index (κ1) is 14.7. The molecule has 0 radical (unpaired) electrons. The number of hydrogen-bond acceptors (Lipinski definition) is 4. The SMILES string of the molecule is CCCC1CCC(OC(=O)c2cc(N)cc(N)c2)CC1. The number of nitrogen functional groups attached to an aromatic ring is 2. The van der Waals surface area contributed by atoms with Crippen molar-refractivity contribution in [1.82, 2.24) is 0 Å². The van der Waals surface area contributed by atoms with Gasteiger partial charge in [0, 0.05) is 11.4 Å². The Morgan fingerprint density at radius 2 is 1.75 bits per heavy atom. The van der Waals surface area contributed by atoms with Gasteiger partial charge in [-0.15, -0.1) is 0 Å². The average molecular weight is 276 g/mol. The van der Waals surface area contributed by atoms with Gasteiger partial charge in [0.2, 0.25) is 0 Å². The van der Waals surface area contributed by atoms with Crippen molar-refractivity contribution in [2.45, 2.75) is 51.6 Å². The molecule has 0 aromatic heterocycles. The summed E-state index contributed by atoms with van der Waals surface area (Å²) in [5.74, 6) is 0.487. The topological polar surface area (TPSA) is 78.3 Å². The minimum atomic E-state index is -0.317. The second-order valence-electron chi connectivity index (χ2n) is 5.73. The van der Waals surface area contributed by atoms with Crippen molar-refractivity contribution in [3.05, 3.63) is 23.8 Å². The summed E-state index contributed by atoms with van der Waals surface area (Å²) in [6.07, 6.45) is 6.81. The molecule has 1 aliphatic rings. The summed E-state index contributed by atoms with van der Waals surface area (Å²) in [7, 11) is 0. The first-order valence-corrected chi connectivity index (χ1v) is 7.45. The van der Waals surface area contributed by atoms with E-state index in [4.69, 9.17) is 16.2 Å². The summed E-state index contributed by atoms with van der Waals surface area (Å²) in [6.45, 7) is 2.22. The number of carbonyl (C=O) groups is 1. The first-order chi connectivity index (χ1) is 9.58. The molecule has 0 amide bonds. The van der Waals surface area contributed by atoms with Gasteiger partial charge in [0.25, 0.3) is 0 Å². The van der Waals surface area contributed by atoms with Crippen LogP contribution in [0.25, 0.3) is 0 Å². The summed E-state index contributed by atoms with van der Waals surface area (Å²) < 4.78 is 5.56. The second kappa shape index (κ2) is 6.64. The summed E-state index contributed by atoms with van der Waals surface area (Å²) in [4.78, 5) is 12.1. The van der Waals surface area contributed by atoms with Crippen LogP contribution in [0.5, 0.6) is 0 Å². The van der Waals surface area contributed by atoms with Crippen LogP contribution in [0.15, 0.2) is 18.2 Å². The van der Waals surface area contributed by atoms with Crippen molar-refractivity contribution in [3.63, 3.8) is 0 Å². The lowest BCUT2D eigenvalue weighted by Gasteiger charge is -2.28. The molecule has 20 heavy (non-hydrogen) atoms. The molecule has 1 aliphatic carbocycles. The van der Waals surface area contributed by atoms with Gasteiger partial charge in [0.1, 0.15) is 6.10 Å². The van der Waals surface area contributed by atoms with Crippen LogP contribution in [0.1, 0.15) is 55.8 Å². The Balaban J connectivity index is 1.89. The third kappa shape index (κ3) is 3.89. The zero-order chi connectivity index (χ0) is 14.5. The Hall–Kier alpha value is -1.71. The number of carbonyl (C=O) groups excluding carboxylic acids is 1. The molecule has 110 valence electrons. The minimum Gasteiger partial charge on any atom is -0.459 e. The van der Waals surface area contributed by atoms with Gasteiger partial charge in [-0.05, 0) is 49.8 Å². The van der Waals surface area contributed by atoms with Gasteiger partial charge in [0.15, 0.2) is 0 Å². The zero-order valence-corrected chi connectivity index (χ0v) is 12.1. The van der Waals surface area contributed by atoms with Gasteiger partial charge in [0.05, 0.1) is 5.56 Å². The number of hydrogen-bond donors (Lipinski definition) is 2. The highest BCUT2D eigenvalue weighted by atomic mass is 16.5. The van der Waals surface area contributed by atoms with E-state index >= 15 is 0 Å². The predicted molar refractivity (Wildman–Crippen MR) is 81.3 cm³/mol. The van der Waals surface area contributed by atoms with E-state index in [9.17, 15) is 4.79 Å².